The Labute approximate surface area is 111 Å². The van der Waals surface area contributed by atoms with Crippen molar-refractivity contribution in [3.8, 4) is 0 Å². The molecule has 2 aliphatic rings. The third-order valence-corrected chi connectivity index (χ3v) is 4.89. The van der Waals surface area contributed by atoms with Crippen LogP contribution in [0, 0.1) is 5.92 Å². The maximum absolute atomic E-state index is 11.2. The lowest BCUT2D eigenvalue weighted by Crippen LogP contribution is -2.39. The molecule has 0 aromatic heterocycles. The fourth-order valence-electron chi connectivity index (χ4n) is 4.00. The van der Waals surface area contributed by atoms with E-state index in [-0.39, 0.29) is 5.92 Å². The molecule has 0 radical (unpaired) electrons. The molecular weight excluding hydrogens is 226 g/mol. The van der Waals surface area contributed by atoms with Gasteiger partial charge in [0.2, 0.25) is 0 Å². The molecule has 2 aliphatic heterocycles. The van der Waals surface area contributed by atoms with Crippen molar-refractivity contribution in [2.45, 2.75) is 83.3 Å². The molecular formula is C15H27NO2. The molecule has 0 aromatic rings. The summed E-state index contributed by atoms with van der Waals surface area (Å²) in [7, 11) is 0. The number of carbonyl (C=O) groups is 1. The van der Waals surface area contributed by atoms with Crippen LogP contribution in [0.25, 0.3) is 0 Å². The van der Waals surface area contributed by atoms with Gasteiger partial charge in [-0.1, -0.05) is 32.6 Å². The van der Waals surface area contributed by atoms with Crippen molar-refractivity contribution in [1.82, 2.24) is 4.90 Å². The van der Waals surface area contributed by atoms with Crippen molar-refractivity contribution in [3.63, 3.8) is 0 Å². The van der Waals surface area contributed by atoms with E-state index >= 15 is 0 Å². The van der Waals surface area contributed by atoms with Gasteiger partial charge in [0.25, 0.3) is 0 Å². The normalized spacial score (nSPS) is 32.9. The molecule has 1 N–H and O–H groups in total. The van der Waals surface area contributed by atoms with E-state index in [2.05, 4.69) is 18.7 Å². The average Bonchev–Trinajstić information content (AvgIpc) is 2.91. The molecule has 0 amide bonds. The zero-order chi connectivity index (χ0) is 13.1. The van der Waals surface area contributed by atoms with E-state index in [9.17, 15) is 9.90 Å². The number of fused-ring (bicyclic) bond motifs is 2. The summed E-state index contributed by atoms with van der Waals surface area (Å²) >= 11 is 0. The smallest absolute Gasteiger partial charge is 0.308 e. The van der Waals surface area contributed by atoms with E-state index in [1.165, 1.54) is 38.5 Å². The van der Waals surface area contributed by atoms with Crippen LogP contribution in [0.3, 0.4) is 0 Å². The third kappa shape index (κ3) is 2.71. The van der Waals surface area contributed by atoms with Gasteiger partial charge in [-0.15, -0.1) is 0 Å². The molecule has 2 rings (SSSR count). The molecule has 2 heterocycles. The minimum absolute atomic E-state index is 0.0955. The first-order valence-corrected chi connectivity index (χ1v) is 7.65. The second-order valence-corrected chi connectivity index (χ2v) is 6.12. The average molecular weight is 253 g/mol. The van der Waals surface area contributed by atoms with Crippen LogP contribution in [-0.4, -0.2) is 34.1 Å². The Morgan fingerprint density at radius 2 is 2.11 bits per heavy atom. The molecule has 2 fully saturated rings. The summed E-state index contributed by atoms with van der Waals surface area (Å²) in [4.78, 5) is 13.8. The first-order valence-electron chi connectivity index (χ1n) is 7.65. The number of unbranched alkanes of at least 4 members (excludes halogenated alkanes) is 3. The molecule has 4 unspecified atom stereocenters. The maximum atomic E-state index is 11.2. The van der Waals surface area contributed by atoms with Crippen molar-refractivity contribution in [2.75, 3.05) is 0 Å². The van der Waals surface area contributed by atoms with Crippen LogP contribution in [0.2, 0.25) is 0 Å². The minimum atomic E-state index is -0.578. The number of aliphatic carboxylic acids is 1. The fourth-order valence-corrected chi connectivity index (χ4v) is 4.00. The topological polar surface area (TPSA) is 40.5 Å². The number of hydrogen-bond acceptors (Lipinski definition) is 2. The zero-order valence-corrected chi connectivity index (χ0v) is 11.8. The number of carboxylic acids is 1. The third-order valence-electron chi connectivity index (χ3n) is 4.89. The zero-order valence-electron chi connectivity index (χ0n) is 11.8. The van der Waals surface area contributed by atoms with Crippen LogP contribution in [0.1, 0.15) is 65.2 Å². The monoisotopic (exact) mass is 253 g/mol. The van der Waals surface area contributed by atoms with Crippen LogP contribution in [0.15, 0.2) is 0 Å². The Hall–Kier alpha value is -0.570. The number of rotatable bonds is 7. The first-order chi connectivity index (χ1) is 8.65. The molecule has 2 bridgehead atoms. The van der Waals surface area contributed by atoms with E-state index in [0.29, 0.717) is 18.1 Å². The van der Waals surface area contributed by atoms with Gasteiger partial charge in [-0.2, -0.15) is 0 Å². The number of carboxylic acid groups (broad SMARTS) is 1. The van der Waals surface area contributed by atoms with Crippen LogP contribution < -0.4 is 0 Å². The van der Waals surface area contributed by atoms with Gasteiger partial charge >= 0.3 is 5.97 Å². The second-order valence-electron chi connectivity index (χ2n) is 6.12. The number of hydrogen-bond donors (Lipinski definition) is 1. The predicted molar refractivity (Wildman–Crippen MR) is 72.6 cm³/mol. The lowest BCUT2D eigenvalue weighted by Gasteiger charge is -2.29. The molecule has 0 aliphatic carbocycles. The molecule has 3 heteroatoms. The number of nitrogens with zero attached hydrogens (tertiary/aromatic N) is 1. The summed E-state index contributed by atoms with van der Waals surface area (Å²) in [5, 5.41) is 9.25. The van der Waals surface area contributed by atoms with Crippen molar-refractivity contribution in [3.05, 3.63) is 0 Å². The van der Waals surface area contributed by atoms with Gasteiger partial charge in [-0.05, 0) is 32.6 Å². The molecule has 0 spiro atoms. The lowest BCUT2D eigenvalue weighted by atomic mass is 9.89. The van der Waals surface area contributed by atoms with Gasteiger partial charge < -0.3 is 5.11 Å². The van der Waals surface area contributed by atoms with Crippen molar-refractivity contribution >= 4 is 5.97 Å². The lowest BCUT2D eigenvalue weighted by molar-refractivity contribution is -0.142. The molecule has 2 saturated heterocycles. The van der Waals surface area contributed by atoms with Crippen molar-refractivity contribution in [1.29, 1.82) is 0 Å². The van der Waals surface area contributed by atoms with Crippen LogP contribution in [0.4, 0.5) is 0 Å². The Morgan fingerprint density at radius 3 is 2.72 bits per heavy atom. The summed E-state index contributed by atoms with van der Waals surface area (Å²) in [5.41, 5.74) is 0. The van der Waals surface area contributed by atoms with Crippen LogP contribution >= 0.6 is 0 Å². The molecule has 104 valence electrons. The summed E-state index contributed by atoms with van der Waals surface area (Å²) in [6.07, 6.45) is 9.67. The van der Waals surface area contributed by atoms with Gasteiger partial charge in [-0.3, -0.25) is 9.69 Å². The largest absolute Gasteiger partial charge is 0.481 e. The Balaban J connectivity index is 1.84. The highest BCUT2D eigenvalue weighted by atomic mass is 16.4. The van der Waals surface area contributed by atoms with E-state index in [1.54, 1.807) is 0 Å². The highest BCUT2D eigenvalue weighted by Gasteiger charge is 2.50. The highest BCUT2D eigenvalue weighted by Crippen LogP contribution is 2.43. The SMILES string of the molecule is CCCCCCC(C)N1C2CCC1C(C(=O)O)C2. The summed E-state index contributed by atoms with van der Waals surface area (Å²) < 4.78 is 0. The summed E-state index contributed by atoms with van der Waals surface area (Å²) in [6, 6.07) is 1.45. The van der Waals surface area contributed by atoms with Gasteiger partial charge in [0.1, 0.15) is 0 Å². The summed E-state index contributed by atoms with van der Waals surface area (Å²) in [6.45, 7) is 4.53. The van der Waals surface area contributed by atoms with Crippen molar-refractivity contribution in [2.24, 2.45) is 5.92 Å². The van der Waals surface area contributed by atoms with Gasteiger partial charge in [0, 0.05) is 18.1 Å². The van der Waals surface area contributed by atoms with E-state index in [4.69, 9.17) is 0 Å². The minimum Gasteiger partial charge on any atom is -0.481 e. The molecule has 4 atom stereocenters. The Kier molecular flexibility index (Phi) is 4.66. The highest BCUT2D eigenvalue weighted by molar-refractivity contribution is 5.71. The van der Waals surface area contributed by atoms with Gasteiger partial charge in [0.15, 0.2) is 0 Å². The van der Waals surface area contributed by atoms with Crippen LogP contribution in [0.5, 0.6) is 0 Å². The Morgan fingerprint density at radius 1 is 1.33 bits per heavy atom. The maximum Gasteiger partial charge on any atom is 0.308 e. The standard InChI is InChI=1S/C15H27NO2/c1-3-4-5-6-7-11(2)16-12-8-9-14(16)13(10-12)15(17)18/h11-14H,3-10H2,1-2H3,(H,17,18). The molecule has 18 heavy (non-hydrogen) atoms. The summed E-state index contributed by atoms with van der Waals surface area (Å²) in [5.74, 6) is -0.674. The Bertz CT molecular complexity index is 292. The van der Waals surface area contributed by atoms with Crippen molar-refractivity contribution < 1.29 is 9.90 Å². The molecule has 3 nitrogen and oxygen atoms in total. The van der Waals surface area contributed by atoms with E-state index in [0.717, 1.165) is 12.8 Å². The van der Waals surface area contributed by atoms with E-state index in [1.807, 2.05) is 0 Å². The van der Waals surface area contributed by atoms with Gasteiger partial charge in [-0.25, -0.2) is 0 Å². The quantitative estimate of drug-likeness (QED) is 0.708. The van der Waals surface area contributed by atoms with E-state index < -0.39 is 5.97 Å². The molecule has 0 aromatic carbocycles. The molecule has 0 saturated carbocycles. The first kappa shape index (κ1) is 13.9. The second kappa shape index (κ2) is 6.05. The fraction of sp³-hybridized carbons (Fsp3) is 0.933. The van der Waals surface area contributed by atoms with Gasteiger partial charge in [0.05, 0.1) is 5.92 Å². The predicted octanol–water partition coefficient (Wildman–Crippen LogP) is 3.28. The van der Waals surface area contributed by atoms with Crippen LogP contribution in [-0.2, 0) is 4.79 Å².